The molecule has 2 rings (SSSR count). The van der Waals surface area contributed by atoms with Gasteiger partial charge >= 0.3 is 5.97 Å². The Hall–Kier alpha value is -1.31. The van der Waals surface area contributed by atoms with Gasteiger partial charge in [-0.1, -0.05) is 44.2 Å². The van der Waals surface area contributed by atoms with Crippen molar-refractivity contribution in [2.45, 2.75) is 19.8 Å². The number of rotatable bonds is 2. The van der Waals surface area contributed by atoms with E-state index in [1.54, 1.807) is 0 Å². The Morgan fingerprint density at radius 2 is 1.86 bits per heavy atom. The molecule has 2 nitrogen and oxygen atoms in total. The van der Waals surface area contributed by atoms with Crippen LogP contribution in [0.25, 0.3) is 0 Å². The Kier molecular flexibility index (Phi) is 1.88. The van der Waals surface area contributed by atoms with Gasteiger partial charge in [0.05, 0.1) is 5.92 Å². The Balaban J connectivity index is 2.28. The summed E-state index contributed by atoms with van der Waals surface area (Å²) in [6.07, 6.45) is 0. The van der Waals surface area contributed by atoms with Gasteiger partial charge in [-0.25, -0.2) is 0 Å². The summed E-state index contributed by atoms with van der Waals surface area (Å²) < 4.78 is 0. The highest BCUT2D eigenvalue weighted by Gasteiger charge is 2.62. The van der Waals surface area contributed by atoms with E-state index >= 15 is 0 Å². The van der Waals surface area contributed by atoms with Gasteiger partial charge < -0.3 is 5.11 Å². The lowest BCUT2D eigenvalue weighted by Crippen LogP contribution is -2.03. The van der Waals surface area contributed by atoms with E-state index in [-0.39, 0.29) is 17.3 Å². The van der Waals surface area contributed by atoms with E-state index < -0.39 is 5.97 Å². The number of carboxylic acids is 1. The number of hydrogen-bond donors (Lipinski definition) is 1. The summed E-state index contributed by atoms with van der Waals surface area (Å²) in [7, 11) is 0. The second kappa shape index (κ2) is 2.84. The zero-order chi connectivity index (χ0) is 10.3. The summed E-state index contributed by atoms with van der Waals surface area (Å²) in [5, 5.41) is 9.02. The molecule has 0 amide bonds. The Labute approximate surface area is 83.6 Å². The Morgan fingerprint density at radius 1 is 1.29 bits per heavy atom. The maximum Gasteiger partial charge on any atom is 0.307 e. The second-order valence-corrected chi connectivity index (χ2v) is 4.53. The van der Waals surface area contributed by atoms with E-state index in [2.05, 4.69) is 0 Å². The molecule has 1 N–H and O–H groups in total. The third-order valence-corrected chi connectivity index (χ3v) is 3.25. The summed E-state index contributed by atoms with van der Waals surface area (Å²) in [5.74, 6) is -0.713. The predicted octanol–water partition coefficient (Wildman–Crippen LogP) is 2.51. The van der Waals surface area contributed by atoms with Crippen LogP contribution >= 0.6 is 0 Å². The molecule has 74 valence electrons. The van der Waals surface area contributed by atoms with Gasteiger partial charge in [-0.05, 0) is 11.0 Å². The molecular formula is C12H14O2. The molecule has 1 aliphatic rings. The fourth-order valence-corrected chi connectivity index (χ4v) is 2.38. The molecule has 1 aliphatic carbocycles. The lowest BCUT2D eigenvalue weighted by Gasteiger charge is -2.01. The van der Waals surface area contributed by atoms with Crippen LogP contribution in [0.15, 0.2) is 30.3 Å². The van der Waals surface area contributed by atoms with Gasteiger partial charge in [-0.15, -0.1) is 0 Å². The quantitative estimate of drug-likeness (QED) is 0.778. The molecule has 0 aromatic heterocycles. The number of carbonyl (C=O) groups is 1. The fraction of sp³-hybridized carbons (Fsp3) is 0.417. The number of carboxylic acid groups (broad SMARTS) is 1. The highest BCUT2D eigenvalue weighted by Crippen LogP contribution is 2.64. The van der Waals surface area contributed by atoms with Gasteiger partial charge in [0.1, 0.15) is 0 Å². The smallest absolute Gasteiger partial charge is 0.307 e. The van der Waals surface area contributed by atoms with E-state index in [0.29, 0.717) is 0 Å². The van der Waals surface area contributed by atoms with Crippen molar-refractivity contribution in [3.05, 3.63) is 35.9 Å². The van der Waals surface area contributed by atoms with Crippen molar-refractivity contribution < 1.29 is 9.90 Å². The van der Waals surface area contributed by atoms with Crippen LogP contribution in [0.3, 0.4) is 0 Å². The standard InChI is InChI=1S/C12H14O2/c1-12(2)9(10(12)11(13)14)8-6-4-3-5-7-8/h3-7,9-10H,1-2H3,(H,13,14)/t9?,10-/m0/s1. The molecule has 1 fully saturated rings. The second-order valence-electron chi connectivity index (χ2n) is 4.53. The summed E-state index contributed by atoms with van der Waals surface area (Å²) in [4.78, 5) is 11.0. The molecular weight excluding hydrogens is 176 g/mol. The van der Waals surface area contributed by atoms with Crippen LogP contribution in [0.5, 0.6) is 0 Å². The van der Waals surface area contributed by atoms with E-state index in [9.17, 15) is 4.79 Å². The molecule has 0 spiro atoms. The van der Waals surface area contributed by atoms with Crippen molar-refractivity contribution in [2.75, 3.05) is 0 Å². The average Bonchev–Trinajstić information content (AvgIpc) is 2.71. The lowest BCUT2D eigenvalue weighted by atomic mass is 10.0. The number of hydrogen-bond acceptors (Lipinski definition) is 1. The summed E-state index contributed by atoms with van der Waals surface area (Å²) in [6, 6.07) is 9.89. The molecule has 2 atom stereocenters. The first-order valence-corrected chi connectivity index (χ1v) is 4.83. The first kappa shape index (κ1) is 9.25. The molecule has 1 aromatic rings. The minimum atomic E-state index is -0.677. The molecule has 0 saturated heterocycles. The van der Waals surface area contributed by atoms with Crippen molar-refractivity contribution in [1.29, 1.82) is 0 Å². The summed E-state index contributed by atoms with van der Waals surface area (Å²) in [6.45, 7) is 4.03. The van der Waals surface area contributed by atoms with E-state index in [4.69, 9.17) is 5.11 Å². The highest BCUT2D eigenvalue weighted by atomic mass is 16.4. The molecule has 2 heteroatoms. The van der Waals surface area contributed by atoms with Gasteiger partial charge in [0.25, 0.3) is 0 Å². The maximum atomic E-state index is 11.0. The fourth-order valence-electron chi connectivity index (χ4n) is 2.38. The number of aliphatic carboxylic acids is 1. The minimum Gasteiger partial charge on any atom is -0.481 e. The third-order valence-electron chi connectivity index (χ3n) is 3.25. The molecule has 1 unspecified atom stereocenters. The van der Waals surface area contributed by atoms with Crippen LogP contribution in [0.1, 0.15) is 25.3 Å². The maximum absolute atomic E-state index is 11.0. The monoisotopic (exact) mass is 190 g/mol. The normalized spacial score (nSPS) is 28.4. The van der Waals surface area contributed by atoms with Gasteiger partial charge in [-0.3, -0.25) is 4.79 Å². The van der Waals surface area contributed by atoms with Crippen LogP contribution in [0.4, 0.5) is 0 Å². The lowest BCUT2D eigenvalue weighted by molar-refractivity contribution is -0.139. The molecule has 0 bridgehead atoms. The van der Waals surface area contributed by atoms with Gasteiger partial charge in [0, 0.05) is 5.92 Å². The van der Waals surface area contributed by atoms with Crippen LogP contribution in [0.2, 0.25) is 0 Å². The molecule has 0 radical (unpaired) electrons. The largest absolute Gasteiger partial charge is 0.481 e. The van der Waals surface area contributed by atoms with Gasteiger partial charge in [0.15, 0.2) is 0 Å². The summed E-state index contributed by atoms with van der Waals surface area (Å²) >= 11 is 0. The predicted molar refractivity (Wildman–Crippen MR) is 54.1 cm³/mol. The number of benzene rings is 1. The van der Waals surface area contributed by atoms with Crippen LogP contribution in [0, 0.1) is 11.3 Å². The zero-order valence-electron chi connectivity index (χ0n) is 8.40. The molecule has 0 aliphatic heterocycles. The van der Waals surface area contributed by atoms with E-state index in [1.807, 2.05) is 44.2 Å². The van der Waals surface area contributed by atoms with Crippen molar-refractivity contribution in [2.24, 2.45) is 11.3 Å². The minimum absolute atomic E-state index is 0.0901. The molecule has 1 aromatic carbocycles. The first-order valence-electron chi connectivity index (χ1n) is 4.83. The molecule has 14 heavy (non-hydrogen) atoms. The third kappa shape index (κ3) is 1.22. The van der Waals surface area contributed by atoms with E-state index in [1.165, 1.54) is 0 Å². The van der Waals surface area contributed by atoms with Crippen molar-refractivity contribution in [1.82, 2.24) is 0 Å². The van der Waals surface area contributed by atoms with Gasteiger partial charge in [-0.2, -0.15) is 0 Å². The zero-order valence-corrected chi connectivity index (χ0v) is 8.40. The van der Waals surface area contributed by atoms with Crippen LogP contribution < -0.4 is 0 Å². The summed E-state index contributed by atoms with van der Waals surface area (Å²) in [5.41, 5.74) is 1.05. The highest BCUT2D eigenvalue weighted by molar-refractivity contribution is 5.77. The van der Waals surface area contributed by atoms with E-state index in [0.717, 1.165) is 5.56 Å². The van der Waals surface area contributed by atoms with Crippen molar-refractivity contribution >= 4 is 5.97 Å². The van der Waals surface area contributed by atoms with Crippen LogP contribution in [-0.4, -0.2) is 11.1 Å². The van der Waals surface area contributed by atoms with Crippen molar-refractivity contribution in [3.63, 3.8) is 0 Å². The Morgan fingerprint density at radius 3 is 2.29 bits per heavy atom. The Bertz CT molecular complexity index is 354. The average molecular weight is 190 g/mol. The van der Waals surface area contributed by atoms with Crippen LogP contribution in [-0.2, 0) is 4.79 Å². The van der Waals surface area contributed by atoms with Crippen molar-refractivity contribution in [3.8, 4) is 0 Å². The molecule has 1 saturated carbocycles. The topological polar surface area (TPSA) is 37.3 Å². The SMILES string of the molecule is CC1(C)C(c2ccccc2)[C@H]1C(=O)O. The first-order chi connectivity index (χ1) is 6.55. The molecule has 0 heterocycles. The van der Waals surface area contributed by atoms with Gasteiger partial charge in [0.2, 0.25) is 0 Å².